The smallest absolute Gasteiger partial charge is 0.422 e. The van der Waals surface area contributed by atoms with Crippen LogP contribution in [0.25, 0.3) is 10.9 Å². The number of aliphatic hydroxyl groups excluding tert-OH is 1. The van der Waals surface area contributed by atoms with Crippen LogP contribution >= 0.6 is 0 Å². The molecule has 0 bridgehead atoms. The third-order valence-electron chi connectivity index (χ3n) is 5.39. The van der Waals surface area contributed by atoms with Crippen molar-refractivity contribution in [2.75, 3.05) is 26.4 Å². The van der Waals surface area contributed by atoms with Gasteiger partial charge in [-0.15, -0.1) is 0 Å². The molecule has 3 rings (SSSR count). The second kappa shape index (κ2) is 11.9. The van der Waals surface area contributed by atoms with E-state index in [4.69, 9.17) is 20.3 Å². The van der Waals surface area contributed by atoms with E-state index < -0.39 is 18.7 Å². The lowest BCUT2D eigenvalue weighted by Crippen LogP contribution is -2.31. The van der Waals surface area contributed by atoms with Crippen molar-refractivity contribution in [2.45, 2.75) is 38.5 Å². The van der Waals surface area contributed by atoms with Gasteiger partial charge in [0.25, 0.3) is 5.91 Å². The van der Waals surface area contributed by atoms with Crippen LogP contribution in [0.15, 0.2) is 48.5 Å². The number of hydrogen-bond donors (Lipinski definition) is 3. The Labute approximate surface area is 201 Å². The van der Waals surface area contributed by atoms with Crippen LogP contribution in [0.4, 0.5) is 13.2 Å². The van der Waals surface area contributed by atoms with Gasteiger partial charge in [-0.2, -0.15) is 13.2 Å². The monoisotopic (exact) mass is 493 g/mol. The summed E-state index contributed by atoms with van der Waals surface area (Å²) in [6.07, 6.45) is -3.18. The number of primary amides is 1. The first-order valence-electron chi connectivity index (χ1n) is 11.4. The van der Waals surface area contributed by atoms with Crippen LogP contribution in [0.1, 0.15) is 29.4 Å². The number of nitrogens with two attached hydrogens (primary N) is 1. The number of fused-ring (bicyclic) bond motifs is 1. The van der Waals surface area contributed by atoms with Gasteiger partial charge < -0.3 is 30.2 Å². The highest BCUT2D eigenvalue weighted by atomic mass is 19.4. The molecule has 3 aromatic rings. The normalized spacial score (nSPS) is 12.6. The van der Waals surface area contributed by atoms with Crippen LogP contribution in [-0.2, 0) is 13.0 Å². The molecule has 0 aliphatic rings. The molecular weight excluding hydrogens is 463 g/mol. The molecule has 0 saturated heterocycles. The summed E-state index contributed by atoms with van der Waals surface area (Å²) in [4.78, 5) is 11.8. The van der Waals surface area contributed by atoms with Crippen LogP contribution in [0.5, 0.6) is 11.5 Å². The SMILES string of the molecule is CC(Cc1ccc2c(c1)cc(C(N)=O)n2CCCO)NCCOc1ccccc1OCC(F)(F)F. The molecule has 1 aromatic heterocycles. The summed E-state index contributed by atoms with van der Waals surface area (Å²) in [5.74, 6) is -0.207. The highest BCUT2D eigenvalue weighted by Crippen LogP contribution is 2.28. The molecule has 1 heterocycles. The summed E-state index contributed by atoms with van der Waals surface area (Å²) < 4.78 is 49.6. The lowest BCUT2D eigenvalue weighted by molar-refractivity contribution is -0.153. The molecule has 1 atom stereocenters. The number of alkyl halides is 3. The summed E-state index contributed by atoms with van der Waals surface area (Å²) in [7, 11) is 0. The first-order valence-corrected chi connectivity index (χ1v) is 11.4. The van der Waals surface area contributed by atoms with Crippen molar-refractivity contribution >= 4 is 16.8 Å². The predicted molar refractivity (Wildman–Crippen MR) is 127 cm³/mol. The Hall–Kier alpha value is -3.24. The quantitative estimate of drug-likeness (QED) is 0.316. The van der Waals surface area contributed by atoms with Gasteiger partial charge in [-0.1, -0.05) is 18.2 Å². The second-order valence-corrected chi connectivity index (χ2v) is 8.27. The number of aryl methyl sites for hydroxylation is 1. The molecule has 0 aliphatic carbocycles. The lowest BCUT2D eigenvalue weighted by atomic mass is 10.1. The maximum Gasteiger partial charge on any atom is 0.422 e. The molecule has 0 saturated carbocycles. The Morgan fingerprint density at radius 3 is 2.51 bits per heavy atom. The van der Waals surface area contributed by atoms with Gasteiger partial charge >= 0.3 is 6.18 Å². The van der Waals surface area contributed by atoms with Crippen LogP contribution in [0, 0.1) is 0 Å². The number of benzene rings is 2. The summed E-state index contributed by atoms with van der Waals surface area (Å²) >= 11 is 0. The van der Waals surface area contributed by atoms with E-state index in [-0.39, 0.29) is 30.8 Å². The average Bonchev–Trinajstić information content (AvgIpc) is 3.17. The average molecular weight is 494 g/mol. The zero-order chi connectivity index (χ0) is 25.4. The standard InChI is InChI=1S/C25H30F3N3O4/c1-17(30-9-12-34-22-5-2-3-6-23(22)35-16-25(26,27)28)13-18-7-8-20-19(14-18)15-21(24(29)33)31(20)10-4-11-32/h2-3,5-8,14-15,17,30,32H,4,9-13,16H2,1H3,(H2,29,33). The largest absolute Gasteiger partial charge is 0.488 e. The topological polar surface area (TPSA) is 98.7 Å². The summed E-state index contributed by atoms with van der Waals surface area (Å²) in [6.45, 7) is 1.91. The van der Waals surface area contributed by atoms with E-state index >= 15 is 0 Å². The van der Waals surface area contributed by atoms with Crippen molar-refractivity contribution in [1.82, 2.24) is 9.88 Å². The van der Waals surface area contributed by atoms with E-state index in [2.05, 4.69) is 5.32 Å². The van der Waals surface area contributed by atoms with Gasteiger partial charge in [-0.25, -0.2) is 0 Å². The molecule has 10 heteroatoms. The molecule has 1 unspecified atom stereocenters. The van der Waals surface area contributed by atoms with Crippen molar-refractivity contribution in [1.29, 1.82) is 0 Å². The number of carbonyl (C=O) groups excluding carboxylic acids is 1. The van der Waals surface area contributed by atoms with Crippen molar-refractivity contribution in [2.24, 2.45) is 5.73 Å². The number of ether oxygens (including phenoxy) is 2. The number of halogens is 3. The molecule has 0 radical (unpaired) electrons. The lowest BCUT2D eigenvalue weighted by Gasteiger charge is -2.16. The van der Waals surface area contributed by atoms with E-state index in [1.165, 1.54) is 6.07 Å². The fourth-order valence-corrected chi connectivity index (χ4v) is 3.86. The van der Waals surface area contributed by atoms with Crippen molar-refractivity contribution in [3.8, 4) is 11.5 Å². The number of amides is 1. The maximum absolute atomic E-state index is 12.4. The Morgan fingerprint density at radius 1 is 1.14 bits per heavy atom. The molecule has 7 nitrogen and oxygen atoms in total. The number of aliphatic hydroxyl groups is 1. The Kier molecular flexibility index (Phi) is 9.00. The molecule has 2 aromatic carbocycles. The Morgan fingerprint density at radius 2 is 1.86 bits per heavy atom. The number of rotatable bonds is 13. The summed E-state index contributed by atoms with van der Waals surface area (Å²) in [5.41, 5.74) is 7.89. The van der Waals surface area contributed by atoms with Crippen LogP contribution in [0.3, 0.4) is 0 Å². The number of carbonyl (C=O) groups is 1. The molecule has 190 valence electrons. The first-order chi connectivity index (χ1) is 16.7. The second-order valence-electron chi connectivity index (χ2n) is 8.27. The minimum absolute atomic E-state index is 0.0228. The van der Waals surface area contributed by atoms with E-state index in [9.17, 15) is 18.0 Å². The van der Waals surface area contributed by atoms with Crippen LogP contribution in [-0.4, -0.2) is 54.2 Å². The number of nitrogens with zero attached hydrogens (tertiary/aromatic N) is 1. The number of aromatic nitrogens is 1. The molecule has 0 aliphatic heterocycles. The van der Waals surface area contributed by atoms with Gasteiger partial charge in [-0.3, -0.25) is 4.79 Å². The molecule has 0 fully saturated rings. The molecule has 0 spiro atoms. The maximum atomic E-state index is 12.4. The van der Waals surface area contributed by atoms with Gasteiger partial charge in [0.1, 0.15) is 12.3 Å². The first kappa shape index (κ1) is 26.4. The van der Waals surface area contributed by atoms with Crippen molar-refractivity contribution in [3.63, 3.8) is 0 Å². The number of nitrogens with one attached hydrogen (secondary N) is 1. The van der Waals surface area contributed by atoms with Crippen LogP contribution < -0.4 is 20.5 Å². The molecule has 4 N–H and O–H groups in total. The molecule has 35 heavy (non-hydrogen) atoms. The predicted octanol–water partition coefficient (Wildman–Crippen LogP) is 3.66. The molecular formula is C25H30F3N3O4. The van der Waals surface area contributed by atoms with Gasteiger partial charge in [0.15, 0.2) is 18.1 Å². The van der Waals surface area contributed by atoms with Gasteiger partial charge in [-0.05, 0) is 55.7 Å². The van der Waals surface area contributed by atoms with Crippen molar-refractivity contribution in [3.05, 3.63) is 59.8 Å². The van der Waals surface area contributed by atoms with Crippen molar-refractivity contribution < 1.29 is 32.5 Å². The summed E-state index contributed by atoms with van der Waals surface area (Å²) in [5, 5.41) is 13.4. The number of para-hydroxylation sites is 2. The zero-order valence-corrected chi connectivity index (χ0v) is 19.5. The van der Waals surface area contributed by atoms with E-state index in [0.29, 0.717) is 25.2 Å². The van der Waals surface area contributed by atoms with Gasteiger partial charge in [0.05, 0.1) is 0 Å². The fourth-order valence-electron chi connectivity index (χ4n) is 3.86. The third kappa shape index (κ3) is 7.63. The highest BCUT2D eigenvalue weighted by molar-refractivity contribution is 5.98. The minimum Gasteiger partial charge on any atom is -0.488 e. The van der Waals surface area contributed by atoms with E-state index in [1.807, 2.05) is 29.7 Å². The fraction of sp³-hybridized carbons (Fsp3) is 0.400. The minimum atomic E-state index is -4.42. The highest BCUT2D eigenvalue weighted by Gasteiger charge is 2.29. The van der Waals surface area contributed by atoms with Gasteiger partial charge in [0.2, 0.25) is 0 Å². The van der Waals surface area contributed by atoms with Crippen LogP contribution in [0.2, 0.25) is 0 Å². The third-order valence-corrected chi connectivity index (χ3v) is 5.39. The van der Waals surface area contributed by atoms with E-state index in [0.717, 1.165) is 22.9 Å². The zero-order valence-electron chi connectivity index (χ0n) is 19.5. The van der Waals surface area contributed by atoms with Gasteiger partial charge in [0, 0.05) is 36.6 Å². The Balaban J connectivity index is 1.53. The molecule has 1 amide bonds. The number of hydrogen-bond acceptors (Lipinski definition) is 5. The Bertz CT molecular complexity index is 1130. The summed E-state index contributed by atoms with van der Waals surface area (Å²) in [6, 6.07) is 14.1. The van der Waals surface area contributed by atoms with E-state index in [1.54, 1.807) is 24.3 Å².